The number of hydrogen-bond acceptors (Lipinski definition) is 6. The Morgan fingerprint density at radius 2 is 2.12 bits per heavy atom. The molecule has 2 rings (SSSR count). The van der Waals surface area contributed by atoms with E-state index in [1.54, 1.807) is 6.92 Å². The Kier molecular flexibility index (Phi) is 2.72. The number of amides is 2. The maximum absolute atomic E-state index is 11.5. The summed E-state index contributed by atoms with van der Waals surface area (Å²) in [6.45, 7) is 1.62. The van der Waals surface area contributed by atoms with Crippen molar-refractivity contribution in [1.82, 2.24) is 15.4 Å². The molecule has 2 heterocycles. The standard InChI is InChI=1S/C8H14N4O4/c1-4-5(13)6(14)7(16-4)11-2-3-12(9)10-8(11)15/h2-7,13-14H,9H2,1H3,(H,10,15)/t4-,5-,6-,7-/m1/s1. The van der Waals surface area contributed by atoms with Crippen LogP contribution in [0.2, 0.25) is 0 Å². The predicted molar refractivity (Wildman–Crippen MR) is 51.9 cm³/mol. The number of hydrazine groups is 2. The van der Waals surface area contributed by atoms with Gasteiger partial charge in [-0.05, 0) is 6.92 Å². The van der Waals surface area contributed by atoms with E-state index in [-0.39, 0.29) is 0 Å². The summed E-state index contributed by atoms with van der Waals surface area (Å²) in [6, 6.07) is -0.532. The van der Waals surface area contributed by atoms with E-state index in [0.29, 0.717) is 0 Å². The van der Waals surface area contributed by atoms with Gasteiger partial charge >= 0.3 is 6.03 Å². The van der Waals surface area contributed by atoms with E-state index in [9.17, 15) is 15.0 Å². The number of carbonyl (C=O) groups excluding carboxylic acids is 1. The normalized spacial score (nSPS) is 39.1. The summed E-state index contributed by atoms with van der Waals surface area (Å²) in [5.41, 5.74) is 2.29. The molecule has 0 aromatic rings. The van der Waals surface area contributed by atoms with Gasteiger partial charge in [0.1, 0.15) is 12.2 Å². The van der Waals surface area contributed by atoms with Crippen LogP contribution in [0.4, 0.5) is 4.79 Å². The third-order valence-electron chi connectivity index (χ3n) is 2.60. The van der Waals surface area contributed by atoms with Crippen LogP contribution in [0.3, 0.4) is 0 Å². The van der Waals surface area contributed by atoms with Crippen molar-refractivity contribution in [1.29, 1.82) is 0 Å². The second-order valence-electron chi connectivity index (χ2n) is 3.74. The third-order valence-corrected chi connectivity index (χ3v) is 2.60. The van der Waals surface area contributed by atoms with E-state index in [4.69, 9.17) is 10.6 Å². The van der Waals surface area contributed by atoms with E-state index in [2.05, 4.69) is 5.43 Å². The number of ether oxygens (including phenoxy) is 1. The van der Waals surface area contributed by atoms with Gasteiger partial charge in [0.15, 0.2) is 6.23 Å². The monoisotopic (exact) mass is 230 g/mol. The Labute approximate surface area is 91.8 Å². The van der Waals surface area contributed by atoms with E-state index in [1.807, 2.05) is 0 Å². The van der Waals surface area contributed by atoms with Crippen molar-refractivity contribution >= 4 is 6.03 Å². The van der Waals surface area contributed by atoms with Gasteiger partial charge in [0.05, 0.1) is 12.3 Å². The van der Waals surface area contributed by atoms with E-state index >= 15 is 0 Å². The van der Waals surface area contributed by atoms with Gasteiger partial charge in [-0.1, -0.05) is 0 Å². The maximum Gasteiger partial charge on any atom is 0.343 e. The largest absolute Gasteiger partial charge is 0.388 e. The van der Waals surface area contributed by atoms with Crippen LogP contribution in [0.1, 0.15) is 6.92 Å². The summed E-state index contributed by atoms with van der Waals surface area (Å²) in [6.07, 6.45) is -0.825. The number of rotatable bonds is 1. The van der Waals surface area contributed by atoms with Crippen molar-refractivity contribution in [2.75, 3.05) is 0 Å². The highest BCUT2D eigenvalue weighted by atomic mass is 16.6. The molecule has 1 fully saturated rings. The number of nitrogens with one attached hydrogen (secondary N) is 1. The molecule has 4 atom stereocenters. The molecule has 5 N–H and O–H groups in total. The number of urea groups is 1. The fourth-order valence-electron chi connectivity index (χ4n) is 1.67. The Morgan fingerprint density at radius 1 is 1.44 bits per heavy atom. The Bertz CT molecular complexity index is 323. The quantitative estimate of drug-likeness (QED) is 0.389. The molecule has 0 spiro atoms. The average Bonchev–Trinajstić information content (AvgIpc) is 2.46. The minimum Gasteiger partial charge on any atom is -0.388 e. The van der Waals surface area contributed by atoms with Crippen LogP contribution in [0.15, 0.2) is 12.4 Å². The van der Waals surface area contributed by atoms with E-state index in [0.717, 1.165) is 10.0 Å². The smallest absolute Gasteiger partial charge is 0.343 e. The summed E-state index contributed by atoms with van der Waals surface area (Å²) in [5, 5.41) is 20.2. The van der Waals surface area contributed by atoms with Crippen molar-refractivity contribution in [2.24, 2.45) is 5.84 Å². The first-order chi connectivity index (χ1) is 7.50. The molecule has 90 valence electrons. The van der Waals surface area contributed by atoms with Crippen molar-refractivity contribution in [3.8, 4) is 0 Å². The molecule has 2 aliphatic rings. The van der Waals surface area contributed by atoms with Gasteiger partial charge in [0.2, 0.25) is 0 Å². The summed E-state index contributed by atoms with van der Waals surface area (Å²) in [5.74, 6) is 5.31. The summed E-state index contributed by atoms with van der Waals surface area (Å²) in [7, 11) is 0. The average molecular weight is 230 g/mol. The lowest BCUT2D eigenvalue weighted by Crippen LogP contribution is -2.56. The number of aliphatic hydroxyl groups is 2. The van der Waals surface area contributed by atoms with Gasteiger partial charge < -0.3 is 14.9 Å². The molecule has 2 amide bonds. The minimum absolute atomic E-state index is 0.530. The van der Waals surface area contributed by atoms with Crippen molar-refractivity contribution in [3.05, 3.63) is 12.4 Å². The number of aliphatic hydroxyl groups excluding tert-OH is 2. The Hall–Kier alpha value is -1.35. The topological polar surface area (TPSA) is 111 Å². The molecular weight excluding hydrogens is 216 g/mol. The van der Waals surface area contributed by atoms with Crippen LogP contribution < -0.4 is 11.3 Å². The summed E-state index contributed by atoms with van der Waals surface area (Å²) < 4.78 is 5.29. The Morgan fingerprint density at radius 3 is 2.62 bits per heavy atom. The predicted octanol–water partition coefficient (Wildman–Crippen LogP) is -1.96. The molecule has 16 heavy (non-hydrogen) atoms. The van der Waals surface area contributed by atoms with Crippen LogP contribution in [0.5, 0.6) is 0 Å². The summed E-state index contributed by atoms with van der Waals surface area (Å²) >= 11 is 0. The van der Waals surface area contributed by atoms with Crippen LogP contribution in [-0.2, 0) is 4.74 Å². The maximum atomic E-state index is 11.5. The zero-order valence-electron chi connectivity index (χ0n) is 8.65. The molecule has 0 bridgehead atoms. The molecule has 0 radical (unpaired) electrons. The van der Waals surface area contributed by atoms with Crippen molar-refractivity contribution in [2.45, 2.75) is 31.5 Å². The first-order valence-electron chi connectivity index (χ1n) is 4.83. The number of hydrogen-bond donors (Lipinski definition) is 4. The lowest BCUT2D eigenvalue weighted by atomic mass is 10.1. The highest BCUT2D eigenvalue weighted by molar-refractivity contribution is 5.76. The lowest BCUT2D eigenvalue weighted by Gasteiger charge is -2.32. The summed E-state index contributed by atoms with van der Waals surface area (Å²) in [4.78, 5) is 12.7. The van der Waals surface area contributed by atoms with Gasteiger partial charge in [-0.2, -0.15) is 0 Å². The van der Waals surface area contributed by atoms with Gasteiger partial charge in [0, 0.05) is 6.20 Å². The molecule has 0 unspecified atom stereocenters. The second-order valence-corrected chi connectivity index (χ2v) is 3.74. The molecule has 2 aliphatic heterocycles. The Balaban J connectivity index is 2.14. The highest BCUT2D eigenvalue weighted by Gasteiger charge is 2.45. The zero-order chi connectivity index (χ0) is 11.9. The SMILES string of the molecule is C[C@H]1O[C@@H](N2C=CN(N)NC2=O)[C@H](O)[C@@H]1O. The minimum atomic E-state index is -1.14. The van der Waals surface area contributed by atoms with Crippen molar-refractivity contribution < 1.29 is 19.7 Å². The third kappa shape index (κ3) is 1.71. The lowest BCUT2D eigenvalue weighted by molar-refractivity contribution is -0.0538. The number of nitrogens with two attached hydrogens (primary N) is 1. The number of carbonyl (C=O) groups is 1. The fourth-order valence-corrected chi connectivity index (χ4v) is 1.67. The van der Waals surface area contributed by atoms with Crippen LogP contribution >= 0.6 is 0 Å². The van der Waals surface area contributed by atoms with Crippen LogP contribution in [0.25, 0.3) is 0 Å². The molecule has 8 nitrogen and oxygen atoms in total. The second kappa shape index (κ2) is 3.91. The molecule has 8 heteroatoms. The first-order valence-corrected chi connectivity index (χ1v) is 4.83. The van der Waals surface area contributed by atoms with Gasteiger partial charge in [-0.25, -0.2) is 21.2 Å². The van der Waals surface area contributed by atoms with Crippen LogP contribution in [0, 0.1) is 0 Å². The zero-order valence-corrected chi connectivity index (χ0v) is 8.65. The fraction of sp³-hybridized carbons (Fsp3) is 0.625. The van der Waals surface area contributed by atoms with Gasteiger partial charge in [0.25, 0.3) is 0 Å². The van der Waals surface area contributed by atoms with Gasteiger partial charge in [-0.3, -0.25) is 4.90 Å². The molecule has 0 saturated carbocycles. The molecule has 0 aliphatic carbocycles. The molecule has 0 aromatic carbocycles. The van der Waals surface area contributed by atoms with Gasteiger partial charge in [-0.15, -0.1) is 0 Å². The molecular formula is C8H14N4O4. The van der Waals surface area contributed by atoms with E-state index < -0.39 is 30.6 Å². The molecule has 1 saturated heterocycles. The number of nitrogens with zero attached hydrogens (tertiary/aromatic N) is 2. The highest BCUT2D eigenvalue weighted by Crippen LogP contribution is 2.24. The first kappa shape index (κ1) is 11.1. The van der Waals surface area contributed by atoms with E-state index in [1.165, 1.54) is 12.4 Å². The van der Waals surface area contributed by atoms with Crippen LogP contribution in [-0.4, -0.2) is 50.8 Å². The van der Waals surface area contributed by atoms with Crippen molar-refractivity contribution in [3.63, 3.8) is 0 Å². The molecule has 0 aromatic heterocycles.